The van der Waals surface area contributed by atoms with Gasteiger partial charge in [0.1, 0.15) is 0 Å². The van der Waals surface area contributed by atoms with Crippen LogP contribution in [0.4, 0.5) is 0 Å². The second kappa shape index (κ2) is 5.48. The number of hydrogen-bond acceptors (Lipinski definition) is 2. The monoisotopic (exact) mass is 253 g/mol. The lowest BCUT2D eigenvalue weighted by Gasteiger charge is -2.16. The normalized spacial score (nSPS) is 11.9. The van der Waals surface area contributed by atoms with Crippen LogP contribution in [0, 0.1) is 13.8 Å². The van der Waals surface area contributed by atoms with E-state index >= 15 is 0 Å². The molecule has 0 aliphatic rings. The van der Waals surface area contributed by atoms with Gasteiger partial charge in [-0.1, -0.05) is 24.3 Å². The van der Waals surface area contributed by atoms with Gasteiger partial charge in [0.25, 0.3) is 0 Å². The first kappa shape index (κ1) is 13.2. The Morgan fingerprint density at radius 1 is 1.06 bits per heavy atom. The van der Waals surface area contributed by atoms with Gasteiger partial charge >= 0.3 is 0 Å². The van der Waals surface area contributed by atoms with Gasteiger partial charge in [0.2, 0.25) is 0 Å². The average Bonchev–Trinajstić information content (AvgIpc) is 2.69. The maximum Gasteiger partial charge on any atom is 0.0651 e. The first-order valence-electron chi connectivity index (χ1n) is 5.05. The van der Waals surface area contributed by atoms with E-state index in [9.17, 15) is 0 Å². The summed E-state index contributed by atoms with van der Waals surface area (Å²) < 4.78 is 0. The minimum Gasteiger partial charge on any atom is -0.320 e. The largest absolute Gasteiger partial charge is 0.320 e. The second-order valence-corrected chi connectivity index (χ2v) is 4.78. The Hall–Kier alpha value is -0.830. The summed E-state index contributed by atoms with van der Waals surface area (Å²) in [5, 5.41) is 2.07. The number of rotatable bonds is 2. The molecule has 1 atom stereocenters. The third kappa shape index (κ3) is 2.46. The summed E-state index contributed by atoms with van der Waals surface area (Å²) in [5.41, 5.74) is 10.1. The molecule has 3 heteroatoms. The molecule has 0 amide bonds. The highest BCUT2D eigenvalue weighted by Gasteiger charge is 2.13. The van der Waals surface area contributed by atoms with Gasteiger partial charge in [-0.15, -0.1) is 23.7 Å². The number of nitrogens with two attached hydrogens (primary N) is 1. The summed E-state index contributed by atoms with van der Waals surface area (Å²) in [5.74, 6) is 0. The van der Waals surface area contributed by atoms with Crippen molar-refractivity contribution in [3.63, 3.8) is 0 Å². The van der Waals surface area contributed by atoms with Crippen molar-refractivity contribution in [2.75, 3.05) is 0 Å². The summed E-state index contributed by atoms with van der Waals surface area (Å²) in [4.78, 5) is 1.23. The molecule has 1 aromatic carbocycles. The van der Waals surface area contributed by atoms with Crippen LogP contribution in [0.3, 0.4) is 0 Å². The standard InChI is InChI=1S/C13H15NS.ClH/c1-9-5-3-6-10(2)12(9)13(14)11-7-4-8-15-11;/h3-8,13H,14H2,1-2H3;1H/t13-;/m1./s1. The molecule has 0 aliphatic carbocycles. The van der Waals surface area contributed by atoms with E-state index in [1.165, 1.54) is 21.6 Å². The number of halogens is 1. The van der Waals surface area contributed by atoms with E-state index in [2.05, 4.69) is 43.5 Å². The van der Waals surface area contributed by atoms with E-state index in [0.29, 0.717) is 0 Å². The third-order valence-electron chi connectivity index (χ3n) is 2.70. The SMILES string of the molecule is Cc1cccc(C)c1[C@H](N)c1cccs1.Cl. The Balaban J connectivity index is 0.00000128. The highest BCUT2D eigenvalue weighted by molar-refractivity contribution is 7.10. The van der Waals surface area contributed by atoms with Crippen LogP contribution in [-0.2, 0) is 0 Å². The second-order valence-electron chi connectivity index (χ2n) is 3.80. The Labute approximate surface area is 107 Å². The summed E-state index contributed by atoms with van der Waals surface area (Å²) in [7, 11) is 0. The minimum atomic E-state index is 0. The molecule has 0 saturated carbocycles. The quantitative estimate of drug-likeness (QED) is 0.865. The molecule has 1 nitrogen and oxygen atoms in total. The van der Waals surface area contributed by atoms with E-state index in [1.807, 2.05) is 6.07 Å². The number of aryl methyl sites for hydroxylation is 2. The number of hydrogen-bond donors (Lipinski definition) is 1. The lowest BCUT2D eigenvalue weighted by molar-refractivity contribution is 0.871. The lowest BCUT2D eigenvalue weighted by atomic mass is 9.96. The van der Waals surface area contributed by atoms with Gasteiger partial charge in [-0.25, -0.2) is 0 Å². The third-order valence-corrected chi connectivity index (χ3v) is 3.66. The summed E-state index contributed by atoms with van der Waals surface area (Å²) in [6, 6.07) is 10.5. The fourth-order valence-corrected chi connectivity index (χ4v) is 2.66. The van der Waals surface area contributed by atoms with E-state index in [-0.39, 0.29) is 18.4 Å². The Kier molecular flexibility index (Phi) is 4.54. The zero-order valence-electron chi connectivity index (χ0n) is 9.44. The molecule has 1 aromatic heterocycles. The van der Waals surface area contributed by atoms with Crippen molar-refractivity contribution in [1.82, 2.24) is 0 Å². The van der Waals surface area contributed by atoms with E-state index in [4.69, 9.17) is 5.73 Å². The zero-order chi connectivity index (χ0) is 10.8. The summed E-state index contributed by atoms with van der Waals surface area (Å²) >= 11 is 1.72. The molecule has 0 aliphatic heterocycles. The molecule has 86 valence electrons. The molecule has 0 spiro atoms. The van der Waals surface area contributed by atoms with Crippen LogP contribution in [0.1, 0.15) is 27.6 Å². The number of benzene rings is 1. The van der Waals surface area contributed by atoms with Crippen molar-refractivity contribution in [3.05, 3.63) is 57.3 Å². The van der Waals surface area contributed by atoms with Crippen molar-refractivity contribution in [1.29, 1.82) is 0 Å². The highest BCUT2D eigenvalue weighted by Crippen LogP contribution is 2.28. The molecule has 0 bridgehead atoms. The predicted octanol–water partition coefficient (Wildman–Crippen LogP) is 3.83. The topological polar surface area (TPSA) is 26.0 Å². The summed E-state index contributed by atoms with van der Waals surface area (Å²) in [6.45, 7) is 4.24. The molecule has 16 heavy (non-hydrogen) atoms. The van der Waals surface area contributed by atoms with E-state index in [0.717, 1.165) is 0 Å². The Morgan fingerprint density at radius 2 is 1.69 bits per heavy atom. The number of thiophene rings is 1. The zero-order valence-corrected chi connectivity index (χ0v) is 11.1. The van der Waals surface area contributed by atoms with Crippen molar-refractivity contribution in [3.8, 4) is 0 Å². The smallest absolute Gasteiger partial charge is 0.0651 e. The molecule has 0 unspecified atom stereocenters. The van der Waals surface area contributed by atoms with E-state index in [1.54, 1.807) is 11.3 Å². The van der Waals surface area contributed by atoms with Gasteiger partial charge in [-0.2, -0.15) is 0 Å². The van der Waals surface area contributed by atoms with Crippen LogP contribution in [0.5, 0.6) is 0 Å². The minimum absolute atomic E-state index is 0. The van der Waals surface area contributed by atoms with Crippen LogP contribution in [-0.4, -0.2) is 0 Å². The van der Waals surface area contributed by atoms with E-state index < -0.39 is 0 Å². The predicted molar refractivity (Wildman–Crippen MR) is 73.5 cm³/mol. The fraction of sp³-hybridized carbons (Fsp3) is 0.231. The van der Waals surface area contributed by atoms with Crippen molar-refractivity contribution >= 4 is 23.7 Å². The lowest BCUT2D eigenvalue weighted by Crippen LogP contribution is -2.13. The highest BCUT2D eigenvalue weighted by atomic mass is 35.5. The molecule has 0 radical (unpaired) electrons. The van der Waals surface area contributed by atoms with Crippen LogP contribution < -0.4 is 5.73 Å². The van der Waals surface area contributed by atoms with Gasteiger partial charge in [0.15, 0.2) is 0 Å². The molecule has 0 saturated heterocycles. The van der Waals surface area contributed by atoms with Crippen molar-refractivity contribution in [2.45, 2.75) is 19.9 Å². The van der Waals surface area contributed by atoms with Gasteiger partial charge in [0.05, 0.1) is 6.04 Å². The first-order valence-corrected chi connectivity index (χ1v) is 5.93. The van der Waals surface area contributed by atoms with Crippen LogP contribution >= 0.6 is 23.7 Å². The van der Waals surface area contributed by atoms with Crippen molar-refractivity contribution in [2.24, 2.45) is 5.73 Å². The molecule has 2 aromatic rings. The molecular formula is C13H16ClNS. The molecule has 2 N–H and O–H groups in total. The maximum atomic E-state index is 6.27. The Morgan fingerprint density at radius 3 is 2.19 bits per heavy atom. The van der Waals surface area contributed by atoms with Gasteiger partial charge in [-0.05, 0) is 42.0 Å². The Bertz CT molecular complexity index is 431. The van der Waals surface area contributed by atoms with Gasteiger partial charge in [-0.3, -0.25) is 0 Å². The van der Waals surface area contributed by atoms with Crippen LogP contribution in [0.15, 0.2) is 35.7 Å². The van der Waals surface area contributed by atoms with Crippen LogP contribution in [0.2, 0.25) is 0 Å². The first-order chi connectivity index (χ1) is 7.20. The fourth-order valence-electron chi connectivity index (χ4n) is 1.93. The molecule has 1 heterocycles. The van der Waals surface area contributed by atoms with Gasteiger partial charge < -0.3 is 5.73 Å². The van der Waals surface area contributed by atoms with Gasteiger partial charge in [0, 0.05) is 4.88 Å². The molecule has 2 rings (SSSR count). The molecule has 0 fully saturated rings. The van der Waals surface area contributed by atoms with Crippen molar-refractivity contribution < 1.29 is 0 Å². The maximum absolute atomic E-state index is 6.27. The summed E-state index contributed by atoms with van der Waals surface area (Å²) in [6.07, 6.45) is 0. The average molecular weight is 254 g/mol. The molecular weight excluding hydrogens is 238 g/mol. The van der Waals surface area contributed by atoms with Crippen LogP contribution in [0.25, 0.3) is 0 Å².